The Kier molecular flexibility index (Phi) is 6.44. The SMILES string of the molecule is COc1cc(-c2cn(-c3ccccc3CNC(=O)CN3C(=O)NC4(CCCCC4C)C3=O)nn2)sn1. The van der Waals surface area contributed by atoms with E-state index in [2.05, 4.69) is 25.3 Å². The lowest BCUT2D eigenvalue weighted by molar-refractivity contribution is -0.137. The Labute approximate surface area is 212 Å². The molecule has 36 heavy (non-hydrogen) atoms. The van der Waals surface area contributed by atoms with E-state index in [9.17, 15) is 14.4 Å². The molecule has 1 aromatic carbocycles. The van der Waals surface area contributed by atoms with Gasteiger partial charge in [-0.1, -0.05) is 43.2 Å². The monoisotopic (exact) mass is 509 g/mol. The number of carbonyl (C=O) groups excluding carboxylic acids is 3. The molecule has 2 atom stereocenters. The van der Waals surface area contributed by atoms with Crippen LogP contribution in [-0.4, -0.2) is 61.3 Å². The zero-order chi connectivity index (χ0) is 25.3. The predicted octanol–water partition coefficient (Wildman–Crippen LogP) is 2.52. The van der Waals surface area contributed by atoms with E-state index in [1.165, 1.54) is 11.5 Å². The van der Waals surface area contributed by atoms with Crippen LogP contribution in [-0.2, 0) is 16.1 Å². The highest BCUT2D eigenvalue weighted by Gasteiger charge is 2.55. The van der Waals surface area contributed by atoms with Crippen molar-refractivity contribution in [3.05, 3.63) is 42.1 Å². The molecule has 11 nitrogen and oxygen atoms in total. The smallest absolute Gasteiger partial charge is 0.325 e. The Morgan fingerprint density at radius 2 is 2.14 bits per heavy atom. The van der Waals surface area contributed by atoms with E-state index in [0.717, 1.165) is 40.3 Å². The maximum absolute atomic E-state index is 13.1. The van der Waals surface area contributed by atoms with E-state index in [1.807, 2.05) is 31.2 Å². The number of aromatic nitrogens is 4. The van der Waals surface area contributed by atoms with Crippen molar-refractivity contribution >= 4 is 29.4 Å². The Balaban J connectivity index is 1.25. The number of carbonyl (C=O) groups is 3. The Bertz CT molecular complexity index is 1300. The molecule has 3 heterocycles. The van der Waals surface area contributed by atoms with Crippen LogP contribution in [0.3, 0.4) is 0 Å². The summed E-state index contributed by atoms with van der Waals surface area (Å²) < 4.78 is 11.0. The predicted molar refractivity (Wildman–Crippen MR) is 131 cm³/mol. The molecule has 2 aromatic heterocycles. The fraction of sp³-hybridized carbons (Fsp3) is 0.417. The molecule has 1 saturated carbocycles. The van der Waals surface area contributed by atoms with Gasteiger partial charge in [0.25, 0.3) is 5.91 Å². The minimum absolute atomic E-state index is 0.0428. The number of amides is 4. The van der Waals surface area contributed by atoms with Crippen molar-refractivity contribution < 1.29 is 19.1 Å². The van der Waals surface area contributed by atoms with E-state index in [4.69, 9.17) is 4.74 Å². The number of benzene rings is 1. The molecule has 0 bridgehead atoms. The third-order valence-corrected chi connectivity index (χ3v) is 7.76. The molecule has 5 rings (SSSR count). The summed E-state index contributed by atoms with van der Waals surface area (Å²) in [5.74, 6) is -0.155. The minimum atomic E-state index is -0.880. The zero-order valence-electron chi connectivity index (χ0n) is 20.1. The number of methoxy groups -OCH3 is 1. The molecular formula is C24H27N7O4S. The van der Waals surface area contributed by atoms with E-state index in [1.54, 1.807) is 24.1 Å². The molecule has 2 fully saturated rings. The second kappa shape index (κ2) is 9.69. The number of urea groups is 1. The van der Waals surface area contributed by atoms with Crippen LogP contribution < -0.4 is 15.4 Å². The molecule has 2 N–H and O–H groups in total. The van der Waals surface area contributed by atoms with Gasteiger partial charge in [-0.2, -0.15) is 4.37 Å². The second-order valence-corrected chi connectivity index (χ2v) is 9.93. The number of hydrogen-bond donors (Lipinski definition) is 2. The highest BCUT2D eigenvalue weighted by molar-refractivity contribution is 7.09. The normalized spacial score (nSPS) is 21.6. The van der Waals surface area contributed by atoms with Gasteiger partial charge in [0.2, 0.25) is 11.8 Å². The molecule has 188 valence electrons. The van der Waals surface area contributed by atoms with Crippen molar-refractivity contribution in [2.24, 2.45) is 5.92 Å². The number of para-hydroxylation sites is 1. The Hall–Kier alpha value is -3.80. The third kappa shape index (κ3) is 4.32. The molecule has 12 heteroatoms. The Morgan fingerprint density at radius 3 is 2.92 bits per heavy atom. The average Bonchev–Trinajstić information content (AvgIpc) is 3.61. The second-order valence-electron chi connectivity index (χ2n) is 9.13. The minimum Gasteiger partial charge on any atom is -0.480 e. The molecule has 0 radical (unpaired) electrons. The van der Waals surface area contributed by atoms with Crippen LogP contribution in [0.4, 0.5) is 4.79 Å². The first-order valence-corrected chi connectivity index (χ1v) is 12.6. The summed E-state index contributed by atoms with van der Waals surface area (Å²) in [7, 11) is 1.56. The first-order chi connectivity index (χ1) is 17.4. The fourth-order valence-corrected chi connectivity index (χ4v) is 5.54. The number of nitrogens with one attached hydrogen (secondary N) is 2. The molecule has 1 spiro atoms. The Morgan fingerprint density at radius 1 is 1.31 bits per heavy atom. The topological polar surface area (TPSA) is 131 Å². The average molecular weight is 510 g/mol. The van der Waals surface area contributed by atoms with Gasteiger partial charge in [-0.15, -0.1) is 5.10 Å². The third-order valence-electron chi connectivity index (χ3n) is 6.96. The van der Waals surface area contributed by atoms with Crippen molar-refractivity contribution in [2.75, 3.05) is 13.7 Å². The van der Waals surface area contributed by atoms with Crippen LogP contribution in [0.2, 0.25) is 0 Å². The number of imide groups is 1. The molecule has 2 unspecified atom stereocenters. The molecule has 1 saturated heterocycles. The maximum atomic E-state index is 13.1. The van der Waals surface area contributed by atoms with Gasteiger partial charge in [-0.3, -0.25) is 14.5 Å². The van der Waals surface area contributed by atoms with Crippen molar-refractivity contribution in [1.29, 1.82) is 0 Å². The lowest BCUT2D eigenvalue weighted by atomic mass is 9.73. The van der Waals surface area contributed by atoms with Gasteiger partial charge in [-0.05, 0) is 41.9 Å². The fourth-order valence-electron chi connectivity index (χ4n) is 4.89. The highest BCUT2D eigenvalue weighted by atomic mass is 32.1. The lowest BCUT2D eigenvalue weighted by Gasteiger charge is -2.36. The van der Waals surface area contributed by atoms with E-state index >= 15 is 0 Å². The van der Waals surface area contributed by atoms with Crippen LogP contribution in [0.1, 0.15) is 38.2 Å². The van der Waals surface area contributed by atoms with Crippen molar-refractivity contribution in [2.45, 2.75) is 44.7 Å². The first kappa shape index (κ1) is 23.9. The van der Waals surface area contributed by atoms with Gasteiger partial charge in [0.05, 0.1) is 23.9 Å². The summed E-state index contributed by atoms with van der Waals surface area (Å²) in [5, 5.41) is 14.2. The maximum Gasteiger partial charge on any atom is 0.325 e. The largest absolute Gasteiger partial charge is 0.480 e. The summed E-state index contributed by atoms with van der Waals surface area (Å²) in [6.45, 7) is 1.87. The quantitative estimate of drug-likeness (QED) is 0.468. The van der Waals surface area contributed by atoms with Crippen molar-refractivity contribution in [3.8, 4) is 22.1 Å². The summed E-state index contributed by atoms with van der Waals surface area (Å²) in [6.07, 6.45) is 5.19. The number of nitrogens with zero attached hydrogens (tertiary/aromatic N) is 5. The van der Waals surface area contributed by atoms with Gasteiger partial charge in [0.1, 0.15) is 17.8 Å². The summed E-state index contributed by atoms with van der Waals surface area (Å²) >= 11 is 1.26. The molecule has 1 aliphatic heterocycles. The zero-order valence-corrected chi connectivity index (χ0v) is 20.9. The highest BCUT2D eigenvalue weighted by Crippen LogP contribution is 2.38. The van der Waals surface area contributed by atoms with Crippen molar-refractivity contribution in [3.63, 3.8) is 0 Å². The molecule has 3 aromatic rings. The van der Waals surface area contributed by atoms with Crippen molar-refractivity contribution in [1.82, 2.24) is 34.9 Å². The number of rotatable bonds is 7. The van der Waals surface area contributed by atoms with E-state index in [0.29, 0.717) is 18.0 Å². The van der Waals surface area contributed by atoms with Gasteiger partial charge in [-0.25, -0.2) is 9.48 Å². The van der Waals surface area contributed by atoms with Gasteiger partial charge in [0.15, 0.2) is 0 Å². The molecular weight excluding hydrogens is 482 g/mol. The summed E-state index contributed by atoms with van der Waals surface area (Å²) in [5.41, 5.74) is 1.32. The van der Waals surface area contributed by atoms with Crippen LogP contribution in [0.15, 0.2) is 36.5 Å². The number of ether oxygens (including phenoxy) is 1. The molecule has 4 amide bonds. The van der Waals surface area contributed by atoms with E-state index in [-0.39, 0.29) is 24.9 Å². The molecule has 2 aliphatic rings. The van der Waals surface area contributed by atoms with Crippen LogP contribution in [0.25, 0.3) is 16.3 Å². The summed E-state index contributed by atoms with van der Waals surface area (Å²) in [4.78, 5) is 40.3. The first-order valence-electron chi connectivity index (χ1n) is 11.8. The van der Waals surface area contributed by atoms with Crippen LogP contribution >= 0.6 is 11.5 Å². The summed E-state index contributed by atoms with van der Waals surface area (Å²) in [6, 6.07) is 8.77. The van der Waals surface area contributed by atoms with Crippen LogP contribution in [0, 0.1) is 5.92 Å². The van der Waals surface area contributed by atoms with Crippen LogP contribution in [0.5, 0.6) is 5.88 Å². The van der Waals surface area contributed by atoms with Gasteiger partial charge < -0.3 is 15.4 Å². The standard InChI is InChI=1S/C24H27N7O4S/c1-15-7-5-6-10-24(15)22(33)30(23(34)26-24)14-20(32)25-12-16-8-3-4-9-18(16)31-13-17(27-29-31)19-11-21(35-2)28-36-19/h3-4,8-9,11,13,15H,5-7,10,12,14H2,1-2H3,(H,25,32)(H,26,34). The van der Waals surface area contributed by atoms with Gasteiger partial charge in [0, 0.05) is 12.6 Å². The van der Waals surface area contributed by atoms with Gasteiger partial charge >= 0.3 is 6.03 Å². The number of hydrogen-bond acceptors (Lipinski definition) is 8. The van der Waals surface area contributed by atoms with E-state index < -0.39 is 17.5 Å². The molecule has 1 aliphatic carbocycles. The lowest BCUT2D eigenvalue weighted by Crippen LogP contribution is -2.54.